The number of benzene rings is 1. The van der Waals surface area contributed by atoms with Crippen molar-refractivity contribution in [2.75, 3.05) is 19.8 Å². The van der Waals surface area contributed by atoms with Gasteiger partial charge in [0.05, 0.1) is 5.56 Å². The van der Waals surface area contributed by atoms with Crippen LogP contribution in [0.25, 0.3) is 0 Å². The first-order valence-corrected chi connectivity index (χ1v) is 7.85. The summed E-state index contributed by atoms with van der Waals surface area (Å²) in [6.45, 7) is 2.37. The average molecular weight is 424 g/mol. The normalized spacial score (nSPS) is 16.6. The standard InChI is InChI=1S/C13H15BrINO2/c14-10-1-2-12(15)11(7-10)13(17)16-8-9-3-5-18-6-4-9/h1-2,7,9H,3-6,8H2,(H,16,17). The van der Waals surface area contributed by atoms with Gasteiger partial charge >= 0.3 is 0 Å². The lowest BCUT2D eigenvalue weighted by molar-refractivity contribution is 0.0642. The first kappa shape index (κ1) is 14.3. The summed E-state index contributed by atoms with van der Waals surface area (Å²) in [4.78, 5) is 12.1. The molecule has 2 rings (SSSR count). The van der Waals surface area contributed by atoms with E-state index in [9.17, 15) is 4.79 Å². The molecule has 98 valence electrons. The third-order valence-corrected chi connectivity index (χ3v) is 4.50. The van der Waals surface area contributed by atoms with Crippen molar-refractivity contribution in [1.29, 1.82) is 0 Å². The van der Waals surface area contributed by atoms with E-state index in [1.54, 1.807) is 0 Å². The zero-order chi connectivity index (χ0) is 13.0. The molecule has 0 aliphatic carbocycles. The monoisotopic (exact) mass is 423 g/mol. The van der Waals surface area contributed by atoms with E-state index < -0.39 is 0 Å². The number of nitrogens with one attached hydrogen (secondary N) is 1. The molecule has 1 saturated heterocycles. The molecule has 3 nitrogen and oxygen atoms in total. The van der Waals surface area contributed by atoms with Gasteiger partial charge in [-0.05, 0) is 59.5 Å². The molecule has 0 radical (unpaired) electrons. The maximum Gasteiger partial charge on any atom is 0.252 e. The molecule has 1 aliphatic heterocycles. The van der Waals surface area contributed by atoms with E-state index in [0.29, 0.717) is 5.92 Å². The predicted molar refractivity (Wildman–Crippen MR) is 82.7 cm³/mol. The smallest absolute Gasteiger partial charge is 0.252 e. The van der Waals surface area contributed by atoms with Crippen LogP contribution in [0.3, 0.4) is 0 Å². The van der Waals surface area contributed by atoms with Crippen molar-refractivity contribution in [1.82, 2.24) is 5.32 Å². The molecule has 1 aromatic carbocycles. The molecule has 1 amide bonds. The number of hydrogen-bond acceptors (Lipinski definition) is 2. The predicted octanol–water partition coefficient (Wildman–Crippen LogP) is 3.21. The Hall–Kier alpha value is -0.140. The number of halogens is 2. The Labute approximate surface area is 129 Å². The summed E-state index contributed by atoms with van der Waals surface area (Å²) in [5.74, 6) is 0.555. The summed E-state index contributed by atoms with van der Waals surface area (Å²) in [5.41, 5.74) is 0.733. The Kier molecular flexibility index (Phi) is 5.44. The fourth-order valence-corrected chi connectivity index (χ4v) is 2.90. The van der Waals surface area contributed by atoms with Gasteiger partial charge in [-0.2, -0.15) is 0 Å². The summed E-state index contributed by atoms with van der Waals surface area (Å²) >= 11 is 5.58. The highest BCUT2D eigenvalue weighted by atomic mass is 127. The third kappa shape index (κ3) is 3.93. The third-order valence-electron chi connectivity index (χ3n) is 3.07. The molecule has 0 atom stereocenters. The molecule has 1 aliphatic rings. The molecule has 1 heterocycles. The first-order chi connectivity index (χ1) is 8.66. The molecule has 0 unspecified atom stereocenters. The minimum Gasteiger partial charge on any atom is -0.381 e. The van der Waals surface area contributed by atoms with E-state index in [4.69, 9.17) is 4.74 Å². The van der Waals surface area contributed by atoms with E-state index in [2.05, 4.69) is 43.8 Å². The summed E-state index contributed by atoms with van der Waals surface area (Å²) in [5, 5.41) is 3.02. The Bertz CT molecular complexity index is 433. The number of ether oxygens (including phenoxy) is 1. The molecule has 1 aromatic rings. The molecule has 0 aromatic heterocycles. The number of rotatable bonds is 3. The lowest BCUT2D eigenvalue weighted by atomic mass is 10.0. The lowest BCUT2D eigenvalue weighted by Gasteiger charge is -2.22. The topological polar surface area (TPSA) is 38.3 Å². The summed E-state index contributed by atoms with van der Waals surface area (Å²) in [6.07, 6.45) is 2.08. The van der Waals surface area contributed by atoms with Crippen molar-refractivity contribution in [2.45, 2.75) is 12.8 Å². The molecule has 1 N–H and O–H groups in total. The van der Waals surface area contributed by atoms with Crippen molar-refractivity contribution in [2.24, 2.45) is 5.92 Å². The van der Waals surface area contributed by atoms with Crippen LogP contribution in [-0.4, -0.2) is 25.7 Å². The van der Waals surface area contributed by atoms with Crippen LogP contribution in [-0.2, 0) is 4.74 Å². The Morgan fingerprint density at radius 1 is 1.44 bits per heavy atom. The zero-order valence-electron chi connectivity index (χ0n) is 9.92. The van der Waals surface area contributed by atoms with Crippen LogP contribution in [0.1, 0.15) is 23.2 Å². The van der Waals surface area contributed by atoms with Crippen LogP contribution in [0.5, 0.6) is 0 Å². The average Bonchev–Trinajstić information content (AvgIpc) is 2.40. The summed E-state index contributed by atoms with van der Waals surface area (Å²) in [7, 11) is 0. The summed E-state index contributed by atoms with van der Waals surface area (Å²) in [6, 6.07) is 5.74. The highest BCUT2D eigenvalue weighted by molar-refractivity contribution is 14.1. The van der Waals surface area contributed by atoms with Gasteiger partial charge < -0.3 is 10.1 Å². The van der Waals surface area contributed by atoms with Crippen molar-refractivity contribution in [3.05, 3.63) is 31.8 Å². The fourth-order valence-electron chi connectivity index (χ4n) is 1.95. The largest absolute Gasteiger partial charge is 0.381 e. The van der Waals surface area contributed by atoms with Gasteiger partial charge in [0.2, 0.25) is 0 Å². The van der Waals surface area contributed by atoms with Crippen molar-refractivity contribution in [3.8, 4) is 0 Å². The van der Waals surface area contributed by atoms with E-state index in [1.807, 2.05) is 18.2 Å². The van der Waals surface area contributed by atoms with Gasteiger partial charge in [-0.3, -0.25) is 4.79 Å². The van der Waals surface area contributed by atoms with E-state index in [0.717, 1.165) is 46.2 Å². The maximum atomic E-state index is 12.1. The Morgan fingerprint density at radius 2 is 2.17 bits per heavy atom. The second kappa shape index (κ2) is 6.86. The highest BCUT2D eigenvalue weighted by Crippen LogP contribution is 2.19. The van der Waals surface area contributed by atoms with Crippen molar-refractivity contribution in [3.63, 3.8) is 0 Å². The SMILES string of the molecule is O=C(NCC1CCOCC1)c1cc(Br)ccc1I. The number of amides is 1. The lowest BCUT2D eigenvalue weighted by Crippen LogP contribution is -2.32. The van der Waals surface area contributed by atoms with Gasteiger partial charge in [-0.1, -0.05) is 15.9 Å². The van der Waals surface area contributed by atoms with Crippen LogP contribution in [0, 0.1) is 9.49 Å². The van der Waals surface area contributed by atoms with Crippen LogP contribution in [0.2, 0.25) is 0 Å². The van der Waals surface area contributed by atoms with Crippen LogP contribution < -0.4 is 5.32 Å². The highest BCUT2D eigenvalue weighted by Gasteiger charge is 2.16. The molecule has 18 heavy (non-hydrogen) atoms. The zero-order valence-corrected chi connectivity index (χ0v) is 13.7. The van der Waals surface area contributed by atoms with Gasteiger partial charge in [0.15, 0.2) is 0 Å². The minimum absolute atomic E-state index is 0.00666. The van der Waals surface area contributed by atoms with Crippen molar-refractivity contribution >= 4 is 44.4 Å². The van der Waals surface area contributed by atoms with Gasteiger partial charge in [-0.25, -0.2) is 0 Å². The molecule has 5 heteroatoms. The Morgan fingerprint density at radius 3 is 2.89 bits per heavy atom. The number of hydrogen-bond donors (Lipinski definition) is 1. The second-order valence-corrected chi connectivity index (χ2v) is 6.47. The Balaban J connectivity index is 1.92. The molecular weight excluding hydrogens is 409 g/mol. The van der Waals surface area contributed by atoms with Crippen LogP contribution in [0.4, 0.5) is 0 Å². The number of carbonyl (C=O) groups excluding carboxylic acids is 1. The van der Waals surface area contributed by atoms with Crippen molar-refractivity contribution < 1.29 is 9.53 Å². The van der Waals surface area contributed by atoms with Crippen LogP contribution in [0.15, 0.2) is 22.7 Å². The fraction of sp³-hybridized carbons (Fsp3) is 0.462. The van der Waals surface area contributed by atoms with Gasteiger partial charge in [0.1, 0.15) is 0 Å². The second-order valence-electron chi connectivity index (χ2n) is 4.39. The minimum atomic E-state index is 0.00666. The van der Waals surface area contributed by atoms with Gasteiger partial charge in [0, 0.05) is 27.8 Å². The molecule has 0 bridgehead atoms. The summed E-state index contributed by atoms with van der Waals surface area (Å²) < 4.78 is 7.21. The first-order valence-electron chi connectivity index (χ1n) is 5.98. The molecular formula is C13H15BrINO2. The van der Waals surface area contributed by atoms with Crippen LogP contribution >= 0.6 is 38.5 Å². The molecule has 0 spiro atoms. The quantitative estimate of drug-likeness (QED) is 0.758. The van der Waals surface area contributed by atoms with Gasteiger partial charge in [-0.15, -0.1) is 0 Å². The maximum absolute atomic E-state index is 12.1. The van der Waals surface area contributed by atoms with E-state index in [1.165, 1.54) is 0 Å². The molecule has 1 fully saturated rings. The van der Waals surface area contributed by atoms with E-state index >= 15 is 0 Å². The van der Waals surface area contributed by atoms with E-state index in [-0.39, 0.29) is 5.91 Å². The number of carbonyl (C=O) groups is 1. The van der Waals surface area contributed by atoms with Gasteiger partial charge in [0.25, 0.3) is 5.91 Å². The molecule has 0 saturated carbocycles.